The van der Waals surface area contributed by atoms with Gasteiger partial charge < -0.3 is 10.2 Å². The van der Waals surface area contributed by atoms with Crippen molar-refractivity contribution in [1.82, 2.24) is 0 Å². The van der Waals surface area contributed by atoms with Gasteiger partial charge >= 0.3 is 6.16 Å². The van der Waals surface area contributed by atoms with Crippen LogP contribution in [0.15, 0.2) is 4.99 Å². The average Bonchev–Trinajstić information content (AvgIpc) is 1.66. The van der Waals surface area contributed by atoms with Crippen molar-refractivity contribution in [3.63, 3.8) is 0 Å². The molecule has 9 heavy (non-hydrogen) atoms. The summed E-state index contributed by atoms with van der Waals surface area (Å²) in [6.07, 6.45) is -1.83. The third-order valence-corrected chi connectivity index (χ3v) is 0.352. The fourth-order valence-electron chi connectivity index (χ4n) is 0.0645. The second-order valence-corrected chi connectivity index (χ2v) is 1.03. The lowest BCUT2D eigenvalue weighted by Gasteiger charge is -1.60. The van der Waals surface area contributed by atoms with Gasteiger partial charge in [0.2, 0.25) is 0 Å². The van der Waals surface area contributed by atoms with Crippen LogP contribution in [-0.4, -0.2) is 28.1 Å². The van der Waals surface area contributed by atoms with Crippen molar-refractivity contribution in [2.24, 2.45) is 4.99 Å². The van der Waals surface area contributed by atoms with E-state index in [0.29, 0.717) is 0 Å². The summed E-state index contributed by atoms with van der Waals surface area (Å²) in [6, 6.07) is 0. The van der Waals surface area contributed by atoms with Crippen LogP contribution in [0.5, 0.6) is 0 Å². The summed E-state index contributed by atoms with van der Waals surface area (Å²) in [6.45, 7) is 2.67. The maximum Gasteiger partial charge on any atom is 0.503 e. The van der Waals surface area contributed by atoms with E-state index in [-0.39, 0.29) is 0 Å². The molecule has 4 nitrogen and oxygen atoms in total. The molecule has 0 radical (unpaired) electrons. The van der Waals surface area contributed by atoms with Crippen LogP contribution in [0.1, 0.15) is 6.92 Å². The van der Waals surface area contributed by atoms with Gasteiger partial charge in [0.25, 0.3) is 0 Å². The predicted molar refractivity (Wildman–Crippen MR) is 36.2 cm³/mol. The molecule has 2 N–H and O–H groups in total. The van der Waals surface area contributed by atoms with Crippen LogP contribution < -0.4 is 0 Å². The molecule has 0 aliphatic heterocycles. The first-order valence-corrected chi connectivity index (χ1v) is 2.51. The maximum atomic E-state index is 8.56. The van der Waals surface area contributed by atoms with Crippen LogP contribution in [0.4, 0.5) is 4.79 Å². The summed E-state index contributed by atoms with van der Waals surface area (Å²) in [7, 11) is 0. The maximum absolute atomic E-state index is 8.56. The first kappa shape index (κ1) is 10.9. The summed E-state index contributed by atoms with van der Waals surface area (Å²) in [5.74, 6) is 0. The summed E-state index contributed by atoms with van der Waals surface area (Å²) in [5, 5.41) is 16.2. The Morgan fingerprint density at radius 1 is 1.78 bits per heavy atom. The van der Waals surface area contributed by atoms with Crippen molar-refractivity contribution in [2.75, 3.05) is 6.54 Å². The largest absolute Gasteiger partial charge is 0.503 e. The highest BCUT2D eigenvalue weighted by molar-refractivity contribution is 7.78. The van der Waals surface area contributed by atoms with Crippen LogP contribution in [0.2, 0.25) is 0 Å². The molecule has 52 valence electrons. The third kappa shape index (κ3) is 159. The van der Waals surface area contributed by atoms with Gasteiger partial charge in [0.15, 0.2) is 0 Å². The van der Waals surface area contributed by atoms with E-state index < -0.39 is 6.16 Å². The topological polar surface area (TPSA) is 69.9 Å². The van der Waals surface area contributed by atoms with Crippen molar-refractivity contribution in [1.29, 1.82) is 0 Å². The van der Waals surface area contributed by atoms with Gasteiger partial charge in [0.05, 0.1) is 5.16 Å². The minimum atomic E-state index is -1.83. The van der Waals surface area contributed by atoms with E-state index in [1.807, 2.05) is 6.92 Å². The van der Waals surface area contributed by atoms with Crippen molar-refractivity contribution < 1.29 is 15.0 Å². The molecule has 0 aromatic rings. The fraction of sp³-hybridized carbons (Fsp3) is 0.500. The second-order valence-electron chi connectivity index (χ2n) is 0.848. The van der Waals surface area contributed by atoms with Gasteiger partial charge in [-0.2, -0.15) is 0 Å². The Hall–Kier alpha value is -0.930. The predicted octanol–water partition coefficient (Wildman–Crippen LogP) is 1.33. The van der Waals surface area contributed by atoms with E-state index in [4.69, 9.17) is 15.0 Å². The Morgan fingerprint density at radius 3 is 2.11 bits per heavy atom. The molecule has 0 spiro atoms. The zero-order chi connectivity index (χ0) is 7.70. The minimum Gasteiger partial charge on any atom is -0.450 e. The van der Waals surface area contributed by atoms with Gasteiger partial charge in [0, 0.05) is 6.54 Å². The fourth-order valence-corrected chi connectivity index (χ4v) is 0.194. The van der Waals surface area contributed by atoms with Crippen molar-refractivity contribution in [3.05, 3.63) is 0 Å². The first-order chi connectivity index (χ1) is 4.15. The Balaban J connectivity index is 0. The van der Waals surface area contributed by atoms with E-state index in [0.717, 1.165) is 6.54 Å². The summed E-state index contributed by atoms with van der Waals surface area (Å²) < 4.78 is 0. The highest BCUT2D eigenvalue weighted by Gasteiger charge is 1.70. The number of carboxylic acid groups (broad SMARTS) is 2. The molecular formula is C4H7NO3S. The second kappa shape index (κ2) is 10.1. The molecular weight excluding hydrogens is 142 g/mol. The van der Waals surface area contributed by atoms with E-state index in [1.54, 1.807) is 0 Å². The van der Waals surface area contributed by atoms with Crippen LogP contribution >= 0.6 is 12.2 Å². The SMILES string of the molecule is CCN=C=S.O=C(O)O. The Bertz CT molecular complexity index is 115. The standard InChI is InChI=1S/C3H5NS.CH2O3/c1-2-4-3-5;2-1(3)4/h2H2,1H3;(H2,2,3,4). The lowest BCUT2D eigenvalue weighted by atomic mass is 10.8. The number of aliphatic imine (C=N–C) groups is 1. The van der Waals surface area contributed by atoms with Crippen LogP contribution in [0, 0.1) is 0 Å². The molecule has 0 rings (SSSR count). The molecule has 5 heteroatoms. The van der Waals surface area contributed by atoms with Crippen molar-refractivity contribution in [2.45, 2.75) is 6.92 Å². The number of rotatable bonds is 1. The normalized spacial score (nSPS) is 5.89. The molecule has 0 aromatic heterocycles. The van der Waals surface area contributed by atoms with Crippen molar-refractivity contribution >= 4 is 23.5 Å². The van der Waals surface area contributed by atoms with Gasteiger partial charge in [-0.3, -0.25) is 0 Å². The number of thiocarbonyl (C=S) groups is 1. The Morgan fingerprint density at radius 2 is 2.11 bits per heavy atom. The smallest absolute Gasteiger partial charge is 0.450 e. The van der Waals surface area contributed by atoms with Crippen LogP contribution in [0.25, 0.3) is 0 Å². The Kier molecular flexibility index (Phi) is 12.3. The van der Waals surface area contributed by atoms with E-state index in [1.165, 1.54) is 0 Å². The number of hydrogen-bond donors (Lipinski definition) is 2. The monoisotopic (exact) mass is 149 g/mol. The highest BCUT2D eigenvalue weighted by atomic mass is 32.1. The highest BCUT2D eigenvalue weighted by Crippen LogP contribution is 1.55. The van der Waals surface area contributed by atoms with E-state index in [9.17, 15) is 0 Å². The third-order valence-electron chi connectivity index (χ3n) is 0.223. The molecule has 0 fully saturated rings. The summed E-state index contributed by atoms with van der Waals surface area (Å²) in [5.41, 5.74) is 0. The van der Waals surface area contributed by atoms with Gasteiger partial charge in [-0.25, -0.2) is 9.79 Å². The van der Waals surface area contributed by atoms with Crippen molar-refractivity contribution in [3.8, 4) is 0 Å². The number of nitrogens with zero attached hydrogens (tertiary/aromatic N) is 1. The summed E-state index contributed by atoms with van der Waals surface area (Å²) in [4.78, 5) is 12.1. The number of carbonyl (C=O) groups is 1. The van der Waals surface area contributed by atoms with Gasteiger partial charge in [-0.1, -0.05) is 0 Å². The van der Waals surface area contributed by atoms with E-state index in [2.05, 4.69) is 22.4 Å². The molecule has 0 aliphatic carbocycles. The molecule has 0 bridgehead atoms. The van der Waals surface area contributed by atoms with Crippen LogP contribution in [-0.2, 0) is 0 Å². The minimum absolute atomic E-state index is 0.753. The lowest BCUT2D eigenvalue weighted by molar-refractivity contribution is 0.137. The zero-order valence-corrected chi connectivity index (χ0v) is 5.68. The molecule has 0 saturated heterocycles. The molecule has 0 amide bonds. The average molecular weight is 149 g/mol. The quantitative estimate of drug-likeness (QED) is 0.436. The Labute approximate surface area is 57.8 Å². The molecule has 0 unspecified atom stereocenters. The molecule has 0 aliphatic rings. The van der Waals surface area contributed by atoms with Gasteiger partial charge in [0.1, 0.15) is 0 Å². The zero-order valence-electron chi connectivity index (χ0n) is 4.87. The van der Waals surface area contributed by atoms with Crippen LogP contribution in [0.3, 0.4) is 0 Å². The lowest BCUT2D eigenvalue weighted by Crippen LogP contribution is -1.81. The van der Waals surface area contributed by atoms with Gasteiger partial charge in [-0.15, -0.1) is 0 Å². The number of hydrogen-bond acceptors (Lipinski definition) is 3. The molecule has 0 heterocycles. The molecule has 0 saturated carbocycles. The summed E-state index contributed by atoms with van der Waals surface area (Å²) >= 11 is 4.23. The first-order valence-electron chi connectivity index (χ1n) is 2.10. The molecule has 0 aromatic carbocycles. The molecule has 0 atom stereocenters. The number of isothiocyanates is 1. The van der Waals surface area contributed by atoms with E-state index >= 15 is 0 Å². The van der Waals surface area contributed by atoms with Gasteiger partial charge in [-0.05, 0) is 19.1 Å².